The van der Waals surface area contributed by atoms with Crippen molar-refractivity contribution in [1.29, 1.82) is 0 Å². The van der Waals surface area contributed by atoms with Crippen LogP contribution in [-0.2, 0) is 11.3 Å². The fraction of sp³-hybridized carbons (Fsp3) is 0.105. The summed E-state index contributed by atoms with van der Waals surface area (Å²) in [5.41, 5.74) is 2.22. The summed E-state index contributed by atoms with van der Waals surface area (Å²) in [5, 5.41) is 5.37. The largest absolute Gasteiger partial charge is 0.455 e. The summed E-state index contributed by atoms with van der Waals surface area (Å²) in [6, 6.07) is 13.3. The predicted octanol–water partition coefficient (Wildman–Crippen LogP) is 4.29. The number of rotatable bonds is 4. The van der Waals surface area contributed by atoms with Crippen molar-refractivity contribution < 1.29 is 13.9 Å². The van der Waals surface area contributed by atoms with Gasteiger partial charge in [0.1, 0.15) is 22.1 Å². The minimum atomic E-state index is -0.401. The van der Waals surface area contributed by atoms with Crippen molar-refractivity contribution in [2.45, 2.75) is 13.5 Å². The number of ether oxygens (including phenoxy) is 1. The normalized spacial score (nSPS) is 11.0. The fourth-order valence-electron chi connectivity index (χ4n) is 2.60. The molecule has 130 valence electrons. The Morgan fingerprint density at radius 2 is 2.04 bits per heavy atom. The van der Waals surface area contributed by atoms with Gasteiger partial charge in [0, 0.05) is 11.6 Å². The van der Waals surface area contributed by atoms with E-state index in [0.717, 1.165) is 21.6 Å². The van der Waals surface area contributed by atoms with Crippen LogP contribution in [0.1, 0.15) is 21.1 Å². The van der Waals surface area contributed by atoms with Crippen LogP contribution in [0.2, 0.25) is 0 Å². The van der Waals surface area contributed by atoms with Gasteiger partial charge in [-0.15, -0.1) is 11.3 Å². The molecule has 1 aromatic carbocycles. The summed E-state index contributed by atoms with van der Waals surface area (Å²) in [5.74, 6) is -0.708. The highest BCUT2D eigenvalue weighted by Gasteiger charge is 2.18. The zero-order valence-corrected chi connectivity index (χ0v) is 14.7. The number of aromatic nitrogens is 3. The van der Waals surface area contributed by atoms with Gasteiger partial charge >= 0.3 is 5.97 Å². The summed E-state index contributed by atoms with van der Waals surface area (Å²) >= 11 is 1.30. The molecule has 0 aliphatic heterocycles. The van der Waals surface area contributed by atoms with Gasteiger partial charge in [-0.2, -0.15) is 5.10 Å². The number of carbonyl (C=O) groups excluding carboxylic acids is 1. The molecule has 0 amide bonds. The number of halogens is 1. The van der Waals surface area contributed by atoms with Crippen molar-refractivity contribution in [3.63, 3.8) is 0 Å². The van der Waals surface area contributed by atoms with E-state index in [4.69, 9.17) is 4.74 Å². The lowest BCUT2D eigenvalue weighted by atomic mass is 10.3. The molecular weight excluding hydrogens is 353 g/mol. The van der Waals surface area contributed by atoms with Crippen LogP contribution in [0.5, 0.6) is 0 Å². The van der Waals surface area contributed by atoms with Crippen molar-refractivity contribution in [2.24, 2.45) is 0 Å². The van der Waals surface area contributed by atoms with Gasteiger partial charge in [-0.3, -0.25) is 4.98 Å². The summed E-state index contributed by atoms with van der Waals surface area (Å²) in [6.45, 7) is 2.00. The number of esters is 1. The molecule has 26 heavy (non-hydrogen) atoms. The maximum atomic E-state index is 13.2. The first kappa shape index (κ1) is 16.4. The third-order valence-electron chi connectivity index (χ3n) is 3.89. The molecule has 0 saturated carbocycles. The van der Waals surface area contributed by atoms with E-state index in [-0.39, 0.29) is 12.4 Å². The lowest BCUT2D eigenvalue weighted by molar-refractivity contribution is 0.0473. The standard InChI is InChI=1S/C19H14FN3O2S/c1-12-16-10-17(19(24)25-11-14-4-2-3-9-21-14)26-18(16)23(22-12)15-7-5-13(20)6-8-15/h2-10H,11H2,1H3. The minimum Gasteiger partial charge on any atom is -0.455 e. The van der Waals surface area contributed by atoms with Gasteiger partial charge in [0.25, 0.3) is 0 Å². The van der Waals surface area contributed by atoms with Gasteiger partial charge in [-0.25, -0.2) is 13.9 Å². The molecule has 0 spiro atoms. The van der Waals surface area contributed by atoms with Gasteiger partial charge in [-0.05, 0) is 49.4 Å². The SMILES string of the molecule is Cc1nn(-c2ccc(F)cc2)c2sc(C(=O)OCc3ccccn3)cc12. The Hall–Kier alpha value is -3.06. The summed E-state index contributed by atoms with van der Waals surface area (Å²) < 4.78 is 20.2. The van der Waals surface area contributed by atoms with Crippen LogP contribution < -0.4 is 0 Å². The quantitative estimate of drug-likeness (QED) is 0.505. The Morgan fingerprint density at radius 3 is 2.77 bits per heavy atom. The molecule has 4 rings (SSSR count). The number of benzene rings is 1. The zero-order valence-electron chi connectivity index (χ0n) is 13.8. The van der Waals surface area contributed by atoms with Crippen LogP contribution >= 0.6 is 11.3 Å². The molecule has 0 aliphatic rings. The predicted molar refractivity (Wildman–Crippen MR) is 97.0 cm³/mol. The highest BCUT2D eigenvalue weighted by Crippen LogP contribution is 2.31. The number of hydrogen-bond acceptors (Lipinski definition) is 5. The number of hydrogen-bond donors (Lipinski definition) is 0. The van der Waals surface area contributed by atoms with Gasteiger partial charge in [0.2, 0.25) is 0 Å². The molecule has 3 heterocycles. The van der Waals surface area contributed by atoms with Crippen molar-refractivity contribution in [2.75, 3.05) is 0 Å². The number of thiophene rings is 1. The number of fused-ring (bicyclic) bond motifs is 1. The van der Waals surface area contributed by atoms with E-state index in [2.05, 4.69) is 10.1 Å². The number of nitrogens with zero attached hydrogens (tertiary/aromatic N) is 3. The molecule has 7 heteroatoms. The first-order chi connectivity index (χ1) is 12.6. The Balaban J connectivity index is 1.62. The molecule has 0 unspecified atom stereocenters. The Morgan fingerprint density at radius 1 is 1.23 bits per heavy atom. The van der Waals surface area contributed by atoms with Crippen LogP contribution in [0.3, 0.4) is 0 Å². The second-order valence-corrected chi connectivity index (χ2v) is 6.73. The summed E-state index contributed by atoms with van der Waals surface area (Å²) in [4.78, 5) is 17.8. The molecule has 0 N–H and O–H groups in total. The van der Waals surface area contributed by atoms with E-state index in [1.165, 1.54) is 23.5 Å². The van der Waals surface area contributed by atoms with Crippen molar-refractivity contribution in [3.8, 4) is 5.69 Å². The van der Waals surface area contributed by atoms with Crippen LogP contribution in [0.25, 0.3) is 15.9 Å². The second kappa shape index (κ2) is 6.68. The molecule has 0 aliphatic carbocycles. The van der Waals surface area contributed by atoms with E-state index in [9.17, 15) is 9.18 Å². The summed E-state index contributed by atoms with van der Waals surface area (Å²) in [6.07, 6.45) is 1.66. The molecule has 5 nitrogen and oxygen atoms in total. The second-order valence-electron chi connectivity index (χ2n) is 5.70. The highest BCUT2D eigenvalue weighted by atomic mass is 32.1. The lowest BCUT2D eigenvalue weighted by Crippen LogP contribution is -2.04. The van der Waals surface area contributed by atoms with Crippen molar-refractivity contribution in [3.05, 3.63) is 76.8 Å². The Labute approximate surface area is 152 Å². The van der Waals surface area contributed by atoms with Crippen LogP contribution in [0, 0.1) is 12.7 Å². The topological polar surface area (TPSA) is 57.0 Å². The first-order valence-corrected chi connectivity index (χ1v) is 8.75. The molecule has 0 atom stereocenters. The number of aryl methyl sites for hydroxylation is 1. The van der Waals surface area contributed by atoms with Gasteiger partial charge in [0.05, 0.1) is 17.1 Å². The van der Waals surface area contributed by atoms with Crippen LogP contribution in [0.15, 0.2) is 54.7 Å². The van der Waals surface area contributed by atoms with Crippen molar-refractivity contribution in [1.82, 2.24) is 14.8 Å². The third-order valence-corrected chi connectivity index (χ3v) is 4.98. The average molecular weight is 367 g/mol. The van der Waals surface area contributed by atoms with Crippen molar-refractivity contribution >= 4 is 27.5 Å². The van der Waals surface area contributed by atoms with E-state index in [0.29, 0.717) is 10.6 Å². The fourth-order valence-corrected chi connectivity index (χ4v) is 3.68. The zero-order chi connectivity index (χ0) is 18.1. The van der Waals surface area contributed by atoms with Crippen LogP contribution in [0.4, 0.5) is 4.39 Å². The van der Waals surface area contributed by atoms with Gasteiger partial charge < -0.3 is 4.74 Å². The maximum Gasteiger partial charge on any atom is 0.348 e. The molecular formula is C19H14FN3O2S. The molecule has 0 bridgehead atoms. The lowest BCUT2D eigenvalue weighted by Gasteiger charge is -2.03. The van der Waals surface area contributed by atoms with E-state index in [1.54, 1.807) is 41.2 Å². The van der Waals surface area contributed by atoms with Gasteiger partial charge in [0.15, 0.2) is 0 Å². The average Bonchev–Trinajstić information content (AvgIpc) is 3.22. The molecule has 4 aromatic rings. The maximum absolute atomic E-state index is 13.2. The van der Waals surface area contributed by atoms with E-state index < -0.39 is 5.97 Å². The number of carbonyl (C=O) groups is 1. The highest BCUT2D eigenvalue weighted by molar-refractivity contribution is 7.20. The molecule has 0 radical (unpaired) electrons. The van der Waals surface area contributed by atoms with E-state index >= 15 is 0 Å². The molecule has 3 aromatic heterocycles. The first-order valence-electron chi connectivity index (χ1n) is 7.94. The number of pyridine rings is 1. The monoisotopic (exact) mass is 367 g/mol. The molecule has 0 fully saturated rings. The van der Waals surface area contributed by atoms with E-state index in [1.807, 2.05) is 13.0 Å². The van der Waals surface area contributed by atoms with Crippen LogP contribution in [-0.4, -0.2) is 20.7 Å². The Bertz CT molecular complexity index is 1070. The van der Waals surface area contributed by atoms with Gasteiger partial charge in [-0.1, -0.05) is 6.07 Å². The Kier molecular flexibility index (Phi) is 4.22. The summed E-state index contributed by atoms with van der Waals surface area (Å²) in [7, 11) is 0. The minimum absolute atomic E-state index is 0.122. The third kappa shape index (κ3) is 3.09. The molecule has 0 saturated heterocycles. The smallest absolute Gasteiger partial charge is 0.348 e.